The van der Waals surface area contributed by atoms with Crippen molar-refractivity contribution < 1.29 is 0 Å². The minimum Gasteiger partial charge on any atom is -0.308 e. The van der Waals surface area contributed by atoms with Gasteiger partial charge in [-0.1, -0.05) is 50.1 Å². The summed E-state index contributed by atoms with van der Waals surface area (Å²) < 4.78 is 4.41. The van der Waals surface area contributed by atoms with Crippen LogP contribution in [0.1, 0.15) is 0 Å². The van der Waals surface area contributed by atoms with Crippen LogP contribution in [0.2, 0.25) is 0 Å². The molecule has 3 nitrogen and oxygen atoms in total. The molecule has 29 heavy (non-hydrogen) atoms. The summed E-state index contributed by atoms with van der Waals surface area (Å²) in [7, 11) is 0. The molecule has 0 saturated carbocycles. The first kappa shape index (κ1) is 17.1. The molecular weight excluding hydrogens is 490 g/mol. The first-order chi connectivity index (χ1) is 14.2. The lowest BCUT2D eigenvalue weighted by Gasteiger charge is -2.10. The minimum absolute atomic E-state index is 0.929. The van der Waals surface area contributed by atoms with Gasteiger partial charge >= 0.3 is 0 Å². The summed E-state index contributed by atoms with van der Waals surface area (Å²) in [6.07, 6.45) is 3.76. The van der Waals surface area contributed by atoms with E-state index in [0.29, 0.717) is 0 Å². The molecule has 0 bridgehead atoms. The second-order valence-corrected chi connectivity index (χ2v) is 8.90. The lowest BCUT2D eigenvalue weighted by molar-refractivity contribution is 1.16. The number of benzene rings is 3. The van der Waals surface area contributed by atoms with E-state index in [4.69, 9.17) is 4.98 Å². The molecule has 0 atom stereocenters. The van der Waals surface area contributed by atoms with Crippen LogP contribution in [0.15, 0.2) is 88.1 Å². The Balaban J connectivity index is 1.70. The maximum Gasteiger partial charge on any atom is 0.0966 e. The Hall–Kier alpha value is -2.76. The Morgan fingerprint density at radius 1 is 0.655 bits per heavy atom. The first-order valence-corrected chi connectivity index (χ1v) is 10.8. The molecule has 0 N–H and O–H groups in total. The highest BCUT2D eigenvalue weighted by molar-refractivity contribution is 9.10. The number of hydrogen-bond donors (Lipinski definition) is 0. The lowest BCUT2D eigenvalue weighted by Crippen LogP contribution is -1.96. The van der Waals surface area contributed by atoms with E-state index in [1.54, 1.807) is 0 Å². The van der Waals surface area contributed by atoms with Crippen LogP contribution in [0, 0.1) is 0 Å². The summed E-state index contributed by atoms with van der Waals surface area (Å²) in [5, 5.41) is 4.59. The van der Waals surface area contributed by atoms with Crippen molar-refractivity contribution in [3.8, 4) is 5.69 Å². The molecule has 5 heteroatoms. The Morgan fingerprint density at radius 2 is 1.31 bits per heavy atom. The summed E-state index contributed by atoms with van der Waals surface area (Å²) in [5.74, 6) is 0. The maximum absolute atomic E-state index is 4.81. The van der Waals surface area contributed by atoms with Crippen molar-refractivity contribution in [2.45, 2.75) is 0 Å². The standard InChI is InChI=1S/C24H13Br2N3/c25-16-5-7-21-19(11-16)20-12-17(26)6-8-22(20)29(21)18-10-15-4-3-14-2-1-9-27-23(14)24(15)28-13-18/h1-13H. The smallest absolute Gasteiger partial charge is 0.0966 e. The fourth-order valence-corrected chi connectivity index (χ4v) is 4.82. The van der Waals surface area contributed by atoms with Gasteiger partial charge in [-0.15, -0.1) is 0 Å². The molecule has 6 rings (SSSR count). The molecule has 6 aromatic rings. The average Bonchev–Trinajstić information content (AvgIpc) is 3.06. The summed E-state index contributed by atoms with van der Waals surface area (Å²) in [6.45, 7) is 0. The summed E-state index contributed by atoms with van der Waals surface area (Å²) >= 11 is 7.23. The number of nitrogens with zero attached hydrogens (tertiary/aromatic N) is 3. The predicted molar refractivity (Wildman–Crippen MR) is 127 cm³/mol. The Morgan fingerprint density at radius 3 is 2.03 bits per heavy atom. The number of halogens is 2. The van der Waals surface area contributed by atoms with Gasteiger partial charge in [-0.05, 0) is 48.5 Å². The van der Waals surface area contributed by atoms with Gasteiger partial charge in [0.2, 0.25) is 0 Å². The highest BCUT2D eigenvalue weighted by Crippen LogP contribution is 2.35. The van der Waals surface area contributed by atoms with E-state index in [0.717, 1.165) is 47.5 Å². The molecule has 138 valence electrons. The Bertz CT molecular complexity index is 1520. The molecule has 0 unspecified atom stereocenters. The molecule has 0 amide bonds. The van der Waals surface area contributed by atoms with Crippen molar-refractivity contribution >= 4 is 75.5 Å². The van der Waals surface area contributed by atoms with E-state index >= 15 is 0 Å². The van der Waals surface area contributed by atoms with E-state index < -0.39 is 0 Å². The third kappa shape index (κ3) is 2.61. The maximum atomic E-state index is 4.81. The van der Waals surface area contributed by atoms with Crippen LogP contribution >= 0.6 is 31.9 Å². The fourth-order valence-electron chi connectivity index (χ4n) is 4.09. The van der Waals surface area contributed by atoms with Gasteiger partial charge in [0, 0.05) is 36.7 Å². The molecule has 3 heterocycles. The van der Waals surface area contributed by atoms with Crippen molar-refractivity contribution in [2.75, 3.05) is 0 Å². The van der Waals surface area contributed by atoms with Crippen LogP contribution in [0.25, 0.3) is 49.3 Å². The van der Waals surface area contributed by atoms with Gasteiger partial charge in [-0.2, -0.15) is 0 Å². The predicted octanol–water partition coefficient (Wildman–Crippen LogP) is 7.41. The highest BCUT2D eigenvalue weighted by atomic mass is 79.9. The van der Waals surface area contributed by atoms with Crippen molar-refractivity contribution in [2.24, 2.45) is 0 Å². The molecule has 3 aromatic carbocycles. The molecule has 0 aliphatic heterocycles. The zero-order valence-corrected chi connectivity index (χ0v) is 18.3. The van der Waals surface area contributed by atoms with E-state index in [1.165, 1.54) is 10.8 Å². The number of pyridine rings is 2. The molecule has 0 aliphatic rings. The quantitative estimate of drug-likeness (QED) is 0.219. The zero-order chi connectivity index (χ0) is 19.5. The van der Waals surface area contributed by atoms with Gasteiger partial charge in [-0.3, -0.25) is 9.97 Å². The van der Waals surface area contributed by atoms with Gasteiger partial charge < -0.3 is 4.57 Å². The fraction of sp³-hybridized carbons (Fsp3) is 0. The van der Waals surface area contributed by atoms with Crippen molar-refractivity contribution in [3.63, 3.8) is 0 Å². The summed E-state index contributed by atoms with van der Waals surface area (Å²) in [5.41, 5.74) is 5.21. The number of hydrogen-bond acceptors (Lipinski definition) is 2. The van der Waals surface area contributed by atoms with Crippen molar-refractivity contribution in [1.29, 1.82) is 0 Å². The van der Waals surface area contributed by atoms with Gasteiger partial charge in [0.05, 0.1) is 34.0 Å². The summed E-state index contributed by atoms with van der Waals surface area (Å²) in [4.78, 5) is 9.35. The van der Waals surface area contributed by atoms with E-state index in [9.17, 15) is 0 Å². The van der Waals surface area contributed by atoms with Crippen molar-refractivity contribution in [3.05, 3.63) is 88.1 Å². The van der Waals surface area contributed by atoms with E-state index in [2.05, 4.69) is 102 Å². The van der Waals surface area contributed by atoms with Gasteiger partial charge in [0.1, 0.15) is 0 Å². The van der Waals surface area contributed by atoms with Gasteiger partial charge in [-0.25, -0.2) is 0 Å². The molecule has 0 saturated heterocycles. The van der Waals surface area contributed by atoms with E-state index in [-0.39, 0.29) is 0 Å². The van der Waals surface area contributed by atoms with Crippen LogP contribution in [0.5, 0.6) is 0 Å². The van der Waals surface area contributed by atoms with Crippen LogP contribution in [-0.2, 0) is 0 Å². The molecule has 3 aromatic heterocycles. The molecule has 0 spiro atoms. The van der Waals surface area contributed by atoms with Crippen LogP contribution in [-0.4, -0.2) is 14.5 Å². The Kier molecular flexibility index (Phi) is 3.76. The first-order valence-electron chi connectivity index (χ1n) is 9.22. The van der Waals surface area contributed by atoms with Crippen LogP contribution in [0.3, 0.4) is 0 Å². The molecule has 0 fully saturated rings. The van der Waals surface area contributed by atoms with E-state index in [1.807, 2.05) is 18.5 Å². The SMILES string of the molecule is Brc1ccc2c(c1)c1cc(Br)ccc1n2-c1cnc2c(ccc3cccnc32)c1. The summed E-state index contributed by atoms with van der Waals surface area (Å²) in [6, 6.07) is 23.3. The van der Waals surface area contributed by atoms with Gasteiger partial charge in [0.15, 0.2) is 0 Å². The second kappa shape index (κ2) is 6.37. The number of rotatable bonds is 1. The molecular formula is C24H13Br2N3. The normalized spacial score (nSPS) is 11.8. The zero-order valence-electron chi connectivity index (χ0n) is 15.1. The number of aromatic nitrogens is 3. The highest BCUT2D eigenvalue weighted by Gasteiger charge is 2.14. The third-order valence-electron chi connectivity index (χ3n) is 5.36. The van der Waals surface area contributed by atoms with Gasteiger partial charge in [0.25, 0.3) is 0 Å². The van der Waals surface area contributed by atoms with Crippen molar-refractivity contribution in [1.82, 2.24) is 14.5 Å². The lowest BCUT2D eigenvalue weighted by atomic mass is 10.1. The monoisotopic (exact) mass is 501 g/mol. The van der Waals surface area contributed by atoms with Crippen LogP contribution < -0.4 is 0 Å². The third-order valence-corrected chi connectivity index (χ3v) is 6.34. The minimum atomic E-state index is 0.929. The number of fused-ring (bicyclic) bond motifs is 6. The second-order valence-electron chi connectivity index (χ2n) is 7.06. The molecule has 0 radical (unpaired) electrons. The largest absolute Gasteiger partial charge is 0.308 e. The average molecular weight is 503 g/mol. The van der Waals surface area contributed by atoms with Crippen LogP contribution in [0.4, 0.5) is 0 Å². The topological polar surface area (TPSA) is 30.7 Å². The Labute approximate surface area is 183 Å². The molecule has 0 aliphatic carbocycles.